The van der Waals surface area contributed by atoms with E-state index in [4.69, 9.17) is 16.3 Å². The number of benzene rings is 2. The van der Waals surface area contributed by atoms with Gasteiger partial charge >= 0.3 is 6.03 Å². The number of hydrogen-bond donors (Lipinski definition) is 1. The number of nitrogens with zero attached hydrogens (tertiary/aromatic N) is 1. The number of halogens is 2. The normalized spacial score (nSPS) is 18.9. The molecule has 1 atom stereocenters. The fraction of sp³-hybridized carbons (Fsp3) is 0.250. The number of ether oxygens (including phenoxy) is 1. The van der Waals surface area contributed by atoms with Crippen molar-refractivity contribution in [2.45, 2.75) is 19.4 Å². The SMILES string of the molecule is CCOc1ccc(C(=O)CN2C(=O)NC(C)(c3ccc(F)cc3Cl)C2=O)cc1. The van der Waals surface area contributed by atoms with E-state index in [0.717, 1.165) is 17.0 Å². The van der Waals surface area contributed by atoms with Crippen LogP contribution in [0.4, 0.5) is 9.18 Å². The van der Waals surface area contributed by atoms with Crippen LogP contribution in [-0.2, 0) is 10.3 Å². The van der Waals surface area contributed by atoms with Gasteiger partial charge in [-0.2, -0.15) is 0 Å². The molecule has 2 aromatic rings. The number of Topliss-reactive ketones (excluding diaryl/α,β-unsaturated/α-hetero) is 1. The van der Waals surface area contributed by atoms with E-state index in [2.05, 4.69) is 5.32 Å². The van der Waals surface area contributed by atoms with Crippen molar-refractivity contribution in [1.29, 1.82) is 0 Å². The van der Waals surface area contributed by atoms with Gasteiger partial charge in [-0.25, -0.2) is 9.18 Å². The first-order valence-corrected chi connectivity index (χ1v) is 8.99. The van der Waals surface area contributed by atoms with Gasteiger partial charge in [0.2, 0.25) is 0 Å². The van der Waals surface area contributed by atoms with Gasteiger partial charge < -0.3 is 10.1 Å². The van der Waals surface area contributed by atoms with Gasteiger partial charge in [0.05, 0.1) is 13.2 Å². The van der Waals surface area contributed by atoms with Crippen molar-refractivity contribution in [3.05, 3.63) is 64.4 Å². The lowest BCUT2D eigenvalue weighted by Gasteiger charge is -2.23. The van der Waals surface area contributed by atoms with E-state index >= 15 is 0 Å². The molecule has 1 fully saturated rings. The number of amides is 3. The van der Waals surface area contributed by atoms with Crippen LogP contribution >= 0.6 is 11.6 Å². The molecule has 2 aromatic carbocycles. The number of carbonyl (C=O) groups is 3. The quantitative estimate of drug-likeness (QED) is 0.590. The molecular weight excluding hydrogens is 387 g/mol. The average Bonchev–Trinajstić information content (AvgIpc) is 2.86. The number of hydrogen-bond acceptors (Lipinski definition) is 4. The largest absolute Gasteiger partial charge is 0.494 e. The number of rotatable bonds is 6. The molecule has 0 saturated carbocycles. The first-order chi connectivity index (χ1) is 13.3. The third-order valence-electron chi connectivity index (χ3n) is 4.53. The highest BCUT2D eigenvalue weighted by molar-refractivity contribution is 6.32. The summed E-state index contributed by atoms with van der Waals surface area (Å²) in [7, 11) is 0. The molecule has 1 heterocycles. The summed E-state index contributed by atoms with van der Waals surface area (Å²) in [5, 5.41) is 2.56. The maximum atomic E-state index is 13.3. The number of nitrogens with one attached hydrogen (secondary N) is 1. The molecule has 0 aliphatic carbocycles. The summed E-state index contributed by atoms with van der Waals surface area (Å²) < 4.78 is 18.7. The minimum absolute atomic E-state index is 0.0100. The van der Waals surface area contributed by atoms with Crippen molar-refractivity contribution in [2.75, 3.05) is 13.2 Å². The fourth-order valence-corrected chi connectivity index (χ4v) is 3.41. The molecule has 0 bridgehead atoms. The molecule has 3 rings (SSSR count). The smallest absolute Gasteiger partial charge is 0.325 e. The van der Waals surface area contributed by atoms with E-state index in [0.29, 0.717) is 17.9 Å². The van der Waals surface area contributed by atoms with Crippen LogP contribution in [0.1, 0.15) is 29.8 Å². The van der Waals surface area contributed by atoms with Crippen molar-refractivity contribution >= 4 is 29.3 Å². The number of ketones is 1. The second kappa shape index (κ2) is 7.59. The number of urea groups is 1. The van der Waals surface area contributed by atoms with Crippen LogP contribution < -0.4 is 10.1 Å². The molecule has 28 heavy (non-hydrogen) atoms. The van der Waals surface area contributed by atoms with E-state index in [-0.39, 0.29) is 10.6 Å². The molecule has 0 radical (unpaired) electrons. The summed E-state index contributed by atoms with van der Waals surface area (Å²) in [6.07, 6.45) is 0. The van der Waals surface area contributed by atoms with E-state index in [9.17, 15) is 18.8 Å². The van der Waals surface area contributed by atoms with Crippen LogP contribution in [0, 0.1) is 5.82 Å². The number of imide groups is 1. The third-order valence-corrected chi connectivity index (χ3v) is 4.85. The molecule has 0 aromatic heterocycles. The average molecular weight is 405 g/mol. The molecule has 8 heteroatoms. The minimum atomic E-state index is -1.49. The summed E-state index contributed by atoms with van der Waals surface area (Å²) >= 11 is 6.06. The van der Waals surface area contributed by atoms with Gasteiger partial charge in [0.1, 0.15) is 17.1 Å². The van der Waals surface area contributed by atoms with E-state index < -0.39 is 35.6 Å². The summed E-state index contributed by atoms with van der Waals surface area (Å²) in [6.45, 7) is 3.39. The van der Waals surface area contributed by atoms with Crippen molar-refractivity contribution in [3.8, 4) is 5.75 Å². The molecule has 1 aliphatic heterocycles. The van der Waals surface area contributed by atoms with Crippen molar-refractivity contribution in [3.63, 3.8) is 0 Å². The molecule has 146 valence electrons. The van der Waals surface area contributed by atoms with Crippen LogP contribution in [0.5, 0.6) is 5.75 Å². The summed E-state index contributed by atoms with van der Waals surface area (Å²) in [5.74, 6) is -0.976. The third kappa shape index (κ3) is 3.57. The summed E-state index contributed by atoms with van der Waals surface area (Å²) in [4.78, 5) is 38.6. The molecule has 1 saturated heterocycles. The zero-order valence-corrected chi connectivity index (χ0v) is 16.0. The van der Waals surface area contributed by atoms with Crippen LogP contribution in [0.25, 0.3) is 0 Å². The van der Waals surface area contributed by atoms with E-state index in [1.807, 2.05) is 6.92 Å². The Morgan fingerprint density at radius 1 is 1.21 bits per heavy atom. The Hall–Kier alpha value is -2.93. The minimum Gasteiger partial charge on any atom is -0.494 e. The van der Waals surface area contributed by atoms with Gasteiger partial charge in [-0.3, -0.25) is 14.5 Å². The topological polar surface area (TPSA) is 75.7 Å². The Balaban J connectivity index is 1.80. The lowest BCUT2D eigenvalue weighted by Crippen LogP contribution is -2.41. The van der Waals surface area contributed by atoms with Gasteiger partial charge in [0, 0.05) is 16.1 Å². The Morgan fingerprint density at radius 2 is 1.89 bits per heavy atom. The van der Waals surface area contributed by atoms with Crippen molar-refractivity contribution < 1.29 is 23.5 Å². The van der Waals surface area contributed by atoms with Crippen LogP contribution in [0.2, 0.25) is 5.02 Å². The summed E-state index contributed by atoms with van der Waals surface area (Å²) in [6, 6.07) is 9.27. The Kier molecular flexibility index (Phi) is 5.38. The van der Waals surface area contributed by atoms with Gasteiger partial charge in [-0.1, -0.05) is 17.7 Å². The first-order valence-electron chi connectivity index (χ1n) is 8.62. The van der Waals surface area contributed by atoms with Crippen LogP contribution in [0.15, 0.2) is 42.5 Å². The fourth-order valence-electron chi connectivity index (χ4n) is 3.06. The zero-order valence-electron chi connectivity index (χ0n) is 15.3. The molecule has 1 aliphatic rings. The molecule has 1 unspecified atom stereocenters. The second-order valence-electron chi connectivity index (χ2n) is 6.45. The summed E-state index contributed by atoms with van der Waals surface area (Å²) in [5.41, 5.74) is -0.886. The molecule has 0 spiro atoms. The zero-order chi connectivity index (χ0) is 20.5. The molecule has 3 amide bonds. The Morgan fingerprint density at radius 3 is 2.50 bits per heavy atom. The standard InChI is InChI=1S/C20H18ClFN2O4/c1-3-28-14-7-4-12(5-8-14)17(25)11-24-18(26)20(2,23-19(24)27)15-9-6-13(22)10-16(15)21/h4-10H,3,11H2,1-2H3,(H,23,27). The number of carbonyl (C=O) groups excluding carboxylic acids is 3. The van der Waals surface area contributed by atoms with E-state index in [1.165, 1.54) is 13.0 Å². The lowest BCUT2D eigenvalue weighted by atomic mass is 9.92. The highest BCUT2D eigenvalue weighted by Gasteiger charge is 2.50. The monoisotopic (exact) mass is 404 g/mol. The maximum Gasteiger partial charge on any atom is 0.325 e. The van der Waals surface area contributed by atoms with Crippen LogP contribution in [-0.4, -0.2) is 35.8 Å². The predicted octanol–water partition coefficient (Wildman–Crippen LogP) is 3.53. The highest BCUT2D eigenvalue weighted by atomic mass is 35.5. The molecule has 1 N–H and O–H groups in total. The second-order valence-corrected chi connectivity index (χ2v) is 6.86. The lowest BCUT2D eigenvalue weighted by molar-refractivity contribution is -0.130. The molecular formula is C20H18ClFN2O4. The highest BCUT2D eigenvalue weighted by Crippen LogP contribution is 2.34. The Bertz CT molecular complexity index is 948. The van der Waals surface area contributed by atoms with Crippen molar-refractivity contribution in [1.82, 2.24) is 10.2 Å². The van der Waals surface area contributed by atoms with Crippen LogP contribution in [0.3, 0.4) is 0 Å². The predicted molar refractivity (Wildman–Crippen MR) is 101 cm³/mol. The van der Waals surface area contributed by atoms with Gasteiger partial charge in [0.25, 0.3) is 5.91 Å². The molecule has 6 nitrogen and oxygen atoms in total. The Labute approximate surface area is 166 Å². The van der Waals surface area contributed by atoms with Gasteiger partial charge in [-0.05, 0) is 50.2 Å². The van der Waals surface area contributed by atoms with Crippen molar-refractivity contribution in [2.24, 2.45) is 0 Å². The first kappa shape index (κ1) is 19.8. The maximum absolute atomic E-state index is 13.3. The van der Waals surface area contributed by atoms with E-state index in [1.54, 1.807) is 24.3 Å². The van der Waals surface area contributed by atoms with Gasteiger partial charge in [0.15, 0.2) is 5.78 Å². The van der Waals surface area contributed by atoms with Gasteiger partial charge in [-0.15, -0.1) is 0 Å².